The van der Waals surface area contributed by atoms with Gasteiger partial charge in [-0.25, -0.2) is 9.97 Å². The number of piperazine rings is 1. The van der Waals surface area contributed by atoms with Crippen molar-refractivity contribution >= 4 is 5.95 Å². The van der Waals surface area contributed by atoms with E-state index in [1.807, 2.05) is 12.1 Å². The summed E-state index contributed by atoms with van der Waals surface area (Å²) < 4.78 is 5.47. The molecule has 0 N–H and O–H groups in total. The standard InChI is InChI=1S/C20H28N4O/c1-4-17-14-18(5-2)22-20(21-17)24-12-10-23(11-13-24)15-16-8-6-7-9-19(16)25-3/h6-9,14H,4-5,10-13,15H2,1-3H3. The molecule has 134 valence electrons. The molecule has 0 saturated carbocycles. The molecule has 1 aromatic carbocycles. The Morgan fingerprint density at radius 1 is 0.960 bits per heavy atom. The minimum atomic E-state index is 0.896. The number of hydrogen-bond acceptors (Lipinski definition) is 5. The first-order valence-electron chi connectivity index (χ1n) is 9.19. The summed E-state index contributed by atoms with van der Waals surface area (Å²) in [6.45, 7) is 9.18. The summed E-state index contributed by atoms with van der Waals surface area (Å²) in [4.78, 5) is 14.3. The molecule has 1 fully saturated rings. The third-order valence-electron chi connectivity index (χ3n) is 4.79. The smallest absolute Gasteiger partial charge is 0.225 e. The summed E-state index contributed by atoms with van der Waals surface area (Å²) in [5.41, 5.74) is 3.52. The van der Waals surface area contributed by atoms with E-state index in [-0.39, 0.29) is 0 Å². The van der Waals surface area contributed by atoms with Gasteiger partial charge in [-0.1, -0.05) is 32.0 Å². The van der Waals surface area contributed by atoms with Gasteiger partial charge in [0, 0.05) is 49.7 Å². The van der Waals surface area contributed by atoms with Crippen LogP contribution in [0.5, 0.6) is 5.75 Å². The van der Waals surface area contributed by atoms with E-state index >= 15 is 0 Å². The summed E-state index contributed by atoms with van der Waals surface area (Å²) in [6, 6.07) is 10.4. The van der Waals surface area contributed by atoms with Gasteiger partial charge in [0.25, 0.3) is 0 Å². The average Bonchev–Trinajstić information content (AvgIpc) is 2.68. The number of benzene rings is 1. The predicted molar refractivity (Wildman–Crippen MR) is 101 cm³/mol. The van der Waals surface area contributed by atoms with Crippen molar-refractivity contribution in [2.45, 2.75) is 33.2 Å². The fraction of sp³-hybridized carbons (Fsp3) is 0.500. The van der Waals surface area contributed by atoms with E-state index in [2.05, 4.69) is 41.8 Å². The van der Waals surface area contributed by atoms with Crippen LogP contribution in [0, 0.1) is 0 Å². The SMILES string of the molecule is CCc1cc(CC)nc(N2CCN(Cc3ccccc3OC)CC2)n1. The second kappa shape index (κ2) is 8.30. The van der Waals surface area contributed by atoms with Crippen molar-refractivity contribution in [3.63, 3.8) is 0 Å². The molecule has 0 radical (unpaired) electrons. The molecule has 2 heterocycles. The van der Waals surface area contributed by atoms with Crippen LogP contribution in [-0.2, 0) is 19.4 Å². The minimum absolute atomic E-state index is 0.896. The van der Waals surface area contributed by atoms with Gasteiger partial charge in [0.05, 0.1) is 7.11 Å². The molecular formula is C20H28N4O. The van der Waals surface area contributed by atoms with E-state index in [1.54, 1.807) is 7.11 Å². The maximum Gasteiger partial charge on any atom is 0.225 e. The van der Waals surface area contributed by atoms with Crippen molar-refractivity contribution < 1.29 is 4.74 Å². The van der Waals surface area contributed by atoms with Gasteiger partial charge in [0.2, 0.25) is 5.95 Å². The lowest BCUT2D eigenvalue weighted by Crippen LogP contribution is -2.46. The topological polar surface area (TPSA) is 41.5 Å². The maximum absolute atomic E-state index is 5.47. The molecule has 1 saturated heterocycles. The van der Waals surface area contributed by atoms with E-state index in [0.29, 0.717) is 0 Å². The summed E-state index contributed by atoms with van der Waals surface area (Å²) in [5, 5.41) is 0. The Morgan fingerprint density at radius 2 is 1.60 bits per heavy atom. The largest absolute Gasteiger partial charge is 0.496 e. The Labute approximate surface area is 150 Å². The molecule has 0 spiro atoms. The first-order chi connectivity index (χ1) is 12.2. The third kappa shape index (κ3) is 4.28. The fourth-order valence-corrected chi connectivity index (χ4v) is 3.22. The van der Waals surface area contributed by atoms with Gasteiger partial charge >= 0.3 is 0 Å². The number of anilines is 1. The van der Waals surface area contributed by atoms with Crippen LogP contribution in [0.25, 0.3) is 0 Å². The van der Waals surface area contributed by atoms with E-state index < -0.39 is 0 Å². The molecule has 1 aromatic heterocycles. The number of nitrogens with zero attached hydrogens (tertiary/aromatic N) is 4. The van der Waals surface area contributed by atoms with Crippen molar-refractivity contribution in [2.75, 3.05) is 38.2 Å². The number of ether oxygens (including phenoxy) is 1. The first kappa shape index (κ1) is 17.7. The Bertz CT molecular complexity index is 674. The van der Waals surface area contributed by atoms with Gasteiger partial charge in [-0.3, -0.25) is 4.90 Å². The molecule has 2 aromatic rings. The van der Waals surface area contributed by atoms with Crippen molar-refractivity contribution in [1.82, 2.24) is 14.9 Å². The van der Waals surface area contributed by atoms with Crippen LogP contribution < -0.4 is 9.64 Å². The zero-order valence-electron chi connectivity index (χ0n) is 15.5. The fourth-order valence-electron chi connectivity index (χ4n) is 3.22. The molecule has 0 amide bonds. The number of hydrogen-bond donors (Lipinski definition) is 0. The van der Waals surface area contributed by atoms with E-state index in [1.165, 1.54) is 5.56 Å². The highest BCUT2D eigenvalue weighted by Crippen LogP contribution is 2.21. The second-order valence-corrected chi connectivity index (χ2v) is 6.43. The highest BCUT2D eigenvalue weighted by molar-refractivity contribution is 5.35. The molecule has 1 aliphatic heterocycles. The van der Waals surface area contributed by atoms with Crippen molar-refractivity contribution in [3.8, 4) is 5.75 Å². The molecule has 3 rings (SSSR count). The van der Waals surface area contributed by atoms with Gasteiger partial charge in [-0.2, -0.15) is 0 Å². The minimum Gasteiger partial charge on any atom is -0.496 e. The quantitative estimate of drug-likeness (QED) is 0.809. The van der Waals surface area contributed by atoms with Crippen molar-refractivity contribution in [3.05, 3.63) is 47.3 Å². The Kier molecular flexibility index (Phi) is 5.87. The summed E-state index contributed by atoms with van der Waals surface area (Å²) >= 11 is 0. The molecule has 0 bridgehead atoms. The van der Waals surface area contributed by atoms with Gasteiger partial charge in [-0.05, 0) is 25.0 Å². The zero-order chi connectivity index (χ0) is 17.6. The van der Waals surface area contributed by atoms with Gasteiger partial charge in [0.15, 0.2) is 0 Å². The monoisotopic (exact) mass is 340 g/mol. The normalized spacial score (nSPS) is 15.4. The molecule has 5 heteroatoms. The van der Waals surface area contributed by atoms with Crippen LogP contribution in [0.1, 0.15) is 30.8 Å². The first-order valence-corrected chi connectivity index (χ1v) is 9.19. The number of aryl methyl sites for hydroxylation is 2. The lowest BCUT2D eigenvalue weighted by atomic mass is 10.1. The Morgan fingerprint density at radius 3 is 2.20 bits per heavy atom. The highest BCUT2D eigenvalue weighted by Gasteiger charge is 2.20. The number of rotatable bonds is 6. The van der Waals surface area contributed by atoms with Crippen molar-refractivity contribution in [1.29, 1.82) is 0 Å². The summed E-state index contributed by atoms with van der Waals surface area (Å²) in [7, 11) is 1.74. The molecule has 25 heavy (non-hydrogen) atoms. The van der Waals surface area contributed by atoms with E-state index in [4.69, 9.17) is 14.7 Å². The molecular weight excluding hydrogens is 312 g/mol. The molecule has 0 aliphatic carbocycles. The van der Waals surface area contributed by atoms with Gasteiger partial charge in [0.1, 0.15) is 5.75 Å². The van der Waals surface area contributed by atoms with Crippen LogP contribution in [0.3, 0.4) is 0 Å². The van der Waals surface area contributed by atoms with Gasteiger partial charge in [-0.15, -0.1) is 0 Å². The van der Waals surface area contributed by atoms with Crippen LogP contribution in [-0.4, -0.2) is 48.2 Å². The van der Waals surface area contributed by atoms with E-state index in [0.717, 1.165) is 68.7 Å². The van der Waals surface area contributed by atoms with Crippen LogP contribution >= 0.6 is 0 Å². The van der Waals surface area contributed by atoms with E-state index in [9.17, 15) is 0 Å². The van der Waals surface area contributed by atoms with Crippen LogP contribution in [0.15, 0.2) is 30.3 Å². The Balaban J connectivity index is 1.64. The van der Waals surface area contributed by atoms with Crippen LogP contribution in [0.4, 0.5) is 5.95 Å². The van der Waals surface area contributed by atoms with Crippen molar-refractivity contribution in [2.24, 2.45) is 0 Å². The highest BCUT2D eigenvalue weighted by atomic mass is 16.5. The average molecular weight is 340 g/mol. The lowest BCUT2D eigenvalue weighted by Gasteiger charge is -2.35. The maximum atomic E-state index is 5.47. The molecule has 1 aliphatic rings. The second-order valence-electron chi connectivity index (χ2n) is 6.43. The lowest BCUT2D eigenvalue weighted by molar-refractivity contribution is 0.245. The number of methoxy groups -OCH3 is 1. The zero-order valence-corrected chi connectivity index (χ0v) is 15.5. The van der Waals surface area contributed by atoms with Crippen LogP contribution in [0.2, 0.25) is 0 Å². The molecule has 5 nitrogen and oxygen atoms in total. The summed E-state index contributed by atoms with van der Waals surface area (Å²) in [5.74, 6) is 1.87. The number of aromatic nitrogens is 2. The number of para-hydroxylation sites is 1. The Hall–Kier alpha value is -2.14. The molecule has 0 unspecified atom stereocenters. The predicted octanol–water partition coefficient (Wildman–Crippen LogP) is 2.93. The summed E-state index contributed by atoms with van der Waals surface area (Å²) in [6.07, 6.45) is 1.91. The van der Waals surface area contributed by atoms with Gasteiger partial charge < -0.3 is 9.64 Å². The third-order valence-corrected chi connectivity index (χ3v) is 4.79. The molecule has 0 atom stereocenters.